The zero-order valence-electron chi connectivity index (χ0n) is 18.7. The van der Waals surface area contributed by atoms with Crippen LogP contribution in [-0.2, 0) is 0 Å². The molecular weight excluding hydrogens is 436 g/mol. The molecule has 0 bridgehead atoms. The number of benzene rings is 4. The van der Waals surface area contributed by atoms with Crippen molar-refractivity contribution in [1.29, 1.82) is 0 Å². The van der Waals surface area contributed by atoms with Gasteiger partial charge in [0, 0.05) is 47.3 Å². The number of fused-ring (bicyclic) bond motifs is 2. The predicted octanol–water partition coefficient (Wildman–Crippen LogP) is 5.18. The molecule has 4 aromatic carbocycles. The molecular formula is C27H21F2N3O2. The summed E-state index contributed by atoms with van der Waals surface area (Å²) in [6.07, 6.45) is 1.31. The van der Waals surface area contributed by atoms with E-state index in [4.69, 9.17) is 0 Å². The molecule has 5 nitrogen and oxygen atoms in total. The van der Waals surface area contributed by atoms with Gasteiger partial charge in [-0.25, -0.2) is 8.78 Å². The van der Waals surface area contributed by atoms with Crippen molar-refractivity contribution in [2.24, 2.45) is 4.99 Å². The van der Waals surface area contributed by atoms with Crippen molar-refractivity contribution in [2.75, 3.05) is 27.2 Å². The number of carbonyl (C=O) groups is 2. The summed E-state index contributed by atoms with van der Waals surface area (Å²) < 4.78 is 27.4. The number of hydrogen-bond acceptors (Lipinski definition) is 4. The number of rotatable bonds is 5. The Labute approximate surface area is 194 Å². The van der Waals surface area contributed by atoms with Gasteiger partial charge in [-0.05, 0) is 55.2 Å². The summed E-state index contributed by atoms with van der Waals surface area (Å²) in [6.45, 7) is 0.783. The van der Waals surface area contributed by atoms with Gasteiger partial charge in [-0.3, -0.25) is 19.5 Å². The Morgan fingerprint density at radius 2 is 1.65 bits per heavy atom. The van der Waals surface area contributed by atoms with E-state index in [0.717, 1.165) is 22.9 Å². The highest BCUT2D eigenvalue weighted by molar-refractivity contribution is 6.31. The molecule has 0 spiro atoms. The molecule has 7 heteroatoms. The molecule has 0 radical (unpaired) electrons. The van der Waals surface area contributed by atoms with Gasteiger partial charge in [0.15, 0.2) is 0 Å². The second-order valence-corrected chi connectivity index (χ2v) is 8.52. The number of nitrogens with zero attached hydrogens (tertiary/aromatic N) is 3. The number of carbonyl (C=O) groups excluding carboxylic acids is 2. The molecule has 0 N–H and O–H groups in total. The first-order valence-electron chi connectivity index (χ1n) is 10.8. The molecule has 170 valence electrons. The van der Waals surface area contributed by atoms with Crippen LogP contribution >= 0.6 is 0 Å². The standard InChI is InChI=1S/C27H21F2N3O2/c1-31(2)11-12-32-26(33)20-7-3-5-16-13-17-6-4-8-22(24(17)25(23(16)20)27(32)34)30-15-18-9-10-19(28)14-21(18)29/h3-10,13-15H,11-12H2,1-2H3. The molecule has 0 aliphatic carbocycles. The third-order valence-corrected chi connectivity index (χ3v) is 5.99. The summed E-state index contributed by atoms with van der Waals surface area (Å²) in [4.78, 5) is 34.5. The van der Waals surface area contributed by atoms with E-state index in [1.807, 2.05) is 43.3 Å². The van der Waals surface area contributed by atoms with E-state index in [-0.39, 0.29) is 23.9 Å². The van der Waals surface area contributed by atoms with Crippen molar-refractivity contribution >= 4 is 45.3 Å². The van der Waals surface area contributed by atoms with Gasteiger partial charge in [0.05, 0.1) is 11.3 Å². The fourth-order valence-electron chi connectivity index (χ4n) is 4.33. The lowest BCUT2D eigenvalue weighted by Gasteiger charge is -2.29. The topological polar surface area (TPSA) is 53.0 Å². The molecule has 0 aromatic heterocycles. The number of imide groups is 1. The lowest BCUT2D eigenvalue weighted by atomic mass is 9.89. The van der Waals surface area contributed by atoms with Crippen LogP contribution < -0.4 is 0 Å². The van der Waals surface area contributed by atoms with Crippen LogP contribution in [0.5, 0.6) is 0 Å². The van der Waals surface area contributed by atoms with Crippen LogP contribution in [0.4, 0.5) is 14.5 Å². The van der Waals surface area contributed by atoms with E-state index < -0.39 is 11.6 Å². The minimum absolute atomic E-state index is 0.127. The van der Waals surface area contributed by atoms with Gasteiger partial charge in [-0.2, -0.15) is 0 Å². The Kier molecular flexibility index (Phi) is 5.42. The maximum Gasteiger partial charge on any atom is 0.262 e. The Hall–Kier alpha value is -3.97. The molecule has 0 saturated heterocycles. The molecule has 0 atom stereocenters. The second kappa shape index (κ2) is 8.43. The van der Waals surface area contributed by atoms with E-state index in [9.17, 15) is 18.4 Å². The highest BCUT2D eigenvalue weighted by atomic mass is 19.1. The number of amides is 2. The highest BCUT2D eigenvalue weighted by Crippen LogP contribution is 2.39. The van der Waals surface area contributed by atoms with E-state index in [1.54, 1.807) is 18.2 Å². The fraction of sp³-hybridized carbons (Fsp3) is 0.148. The van der Waals surface area contributed by atoms with Gasteiger partial charge in [0.25, 0.3) is 11.8 Å². The molecule has 1 heterocycles. The Morgan fingerprint density at radius 3 is 2.38 bits per heavy atom. The van der Waals surface area contributed by atoms with Gasteiger partial charge < -0.3 is 4.90 Å². The van der Waals surface area contributed by atoms with Gasteiger partial charge in [-0.1, -0.05) is 24.3 Å². The largest absolute Gasteiger partial charge is 0.308 e. The first-order chi connectivity index (χ1) is 16.3. The van der Waals surface area contributed by atoms with E-state index >= 15 is 0 Å². The molecule has 1 aliphatic rings. The summed E-state index contributed by atoms with van der Waals surface area (Å²) in [5, 5.41) is 2.76. The van der Waals surface area contributed by atoms with Crippen LogP contribution in [0.3, 0.4) is 0 Å². The lowest BCUT2D eigenvalue weighted by Crippen LogP contribution is -2.43. The van der Waals surface area contributed by atoms with Crippen molar-refractivity contribution in [3.05, 3.63) is 89.0 Å². The van der Waals surface area contributed by atoms with Crippen LogP contribution in [0.2, 0.25) is 0 Å². The monoisotopic (exact) mass is 457 g/mol. The van der Waals surface area contributed by atoms with Crippen LogP contribution in [0.25, 0.3) is 21.5 Å². The average Bonchev–Trinajstić information content (AvgIpc) is 2.80. The Morgan fingerprint density at radius 1 is 0.912 bits per heavy atom. The van der Waals surface area contributed by atoms with Gasteiger partial charge in [-0.15, -0.1) is 0 Å². The third kappa shape index (κ3) is 3.64. The van der Waals surface area contributed by atoms with Crippen LogP contribution in [0, 0.1) is 11.6 Å². The number of aliphatic imine (C=N–C) groups is 1. The van der Waals surface area contributed by atoms with Gasteiger partial charge >= 0.3 is 0 Å². The fourth-order valence-corrected chi connectivity index (χ4v) is 4.33. The average molecular weight is 457 g/mol. The molecule has 0 fully saturated rings. The maximum absolute atomic E-state index is 14.2. The van der Waals surface area contributed by atoms with Crippen LogP contribution in [0.15, 0.2) is 65.7 Å². The first-order valence-corrected chi connectivity index (χ1v) is 10.8. The zero-order valence-corrected chi connectivity index (χ0v) is 18.7. The SMILES string of the molecule is CN(C)CCN1C(=O)c2cccc3cc4cccc(N=Cc5ccc(F)cc5F)c4c(c23)C1=O. The minimum Gasteiger partial charge on any atom is -0.308 e. The van der Waals surface area contributed by atoms with E-state index in [2.05, 4.69) is 4.99 Å². The van der Waals surface area contributed by atoms with Gasteiger partial charge in [0.1, 0.15) is 11.6 Å². The predicted molar refractivity (Wildman–Crippen MR) is 129 cm³/mol. The van der Waals surface area contributed by atoms with Crippen molar-refractivity contribution in [3.8, 4) is 0 Å². The van der Waals surface area contributed by atoms with Crippen LogP contribution in [-0.4, -0.2) is 55.0 Å². The molecule has 34 heavy (non-hydrogen) atoms. The smallest absolute Gasteiger partial charge is 0.262 e. The summed E-state index contributed by atoms with van der Waals surface area (Å²) in [5.41, 5.74) is 1.47. The van der Waals surface area contributed by atoms with Gasteiger partial charge in [0.2, 0.25) is 0 Å². The Bertz CT molecular complexity index is 1510. The summed E-state index contributed by atoms with van der Waals surface area (Å²) in [6, 6.07) is 16.0. The zero-order chi connectivity index (χ0) is 24.0. The quantitative estimate of drug-likeness (QED) is 0.236. The van der Waals surface area contributed by atoms with Crippen molar-refractivity contribution in [2.45, 2.75) is 0 Å². The molecule has 0 saturated carbocycles. The lowest BCUT2D eigenvalue weighted by molar-refractivity contribution is 0.0602. The molecule has 4 aromatic rings. The number of likely N-dealkylation sites (N-methyl/N-ethyl adjacent to an activating group) is 1. The van der Waals surface area contributed by atoms with E-state index in [1.165, 1.54) is 17.2 Å². The van der Waals surface area contributed by atoms with Crippen molar-refractivity contribution < 1.29 is 18.4 Å². The highest BCUT2D eigenvalue weighted by Gasteiger charge is 2.34. The van der Waals surface area contributed by atoms with Crippen molar-refractivity contribution in [1.82, 2.24) is 9.80 Å². The molecule has 1 aliphatic heterocycles. The summed E-state index contributed by atoms with van der Waals surface area (Å²) in [7, 11) is 3.76. The molecule has 5 rings (SSSR count). The van der Waals surface area contributed by atoms with E-state index in [0.29, 0.717) is 34.1 Å². The number of halogens is 2. The maximum atomic E-state index is 14.2. The third-order valence-electron chi connectivity index (χ3n) is 5.99. The summed E-state index contributed by atoms with van der Waals surface area (Å²) in [5.74, 6) is -2.10. The van der Waals surface area contributed by atoms with Crippen LogP contribution in [0.1, 0.15) is 26.3 Å². The Balaban J connectivity index is 1.74. The first kappa shape index (κ1) is 21.9. The number of hydrogen-bond donors (Lipinski definition) is 0. The second-order valence-electron chi connectivity index (χ2n) is 8.52. The molecule has 0 unspecified atom stereocenters. The minimum atomic E-state index is -0.727. The normalized spacial score (nSPS) is 13.7. The summed E-state index contributed by atoms with van der Waals surface area (Å²) >= 11 is 0. The van der Waals surface area contributed by atoms with Crippen molar-refractivity contribution in [3.63, 3.8) is 0 Å². The molecule has 2 amide bonds.